The molecule has 0 radical (unpaired) electrons. The second kappa shape index (κ2) is 9.07. The molecule has 0 N–H and O–H groups in total. The number of carbonyl (C=O) groups excluding carboxylic acids is 1. The van der Waals surface area contributed by atoms with Gasteiger partial charge in [-0.25, -0.2) is 5.01 Å². The van der Waals surface area contributed by atoms with Crippen molar-refractivity contribution in [2.45, 2.75) is 20.3 Å². The van der Waals surface area contributed by atoms with Crippen LogP contribution in [0.5, 0.6) is 11.5 Å². The standard InChI is InChI=1S/C19H20ClN3O3/c1-4-9-26-18-16(20)11-14(12-17(18)25-5-2)10-15-13(3)22-23(19(15)24)8-6-7-21/h4,10-12H,1,5-6,8-9H2,2-3H3/b15-10-. The zero-order valence-corrected chi connectivity index (χ0v) is 15.5. The lowest BCUT2D eigenvalue weighted by atomic mass is 10.1. The third kappa shape index (κ3) is 4.44. The lowest BCUT2D eigenvalue weighted by Gasteiger charge is -2.14. The molecule has 1 aliphatic heterocycles. The summed E-state index contributed by atoms with van der Waals surface area (Å²) in [5.41, 5.74) is 1.75. The fourth-order valence-corrected chi connectivity index (χ4v) is 2.70. The highest BCUT2D eigenvalue weighted by Crippen LogP contribution is 2.37. The van der Waals surface area contributed by atoms with Gasteiger partial charge in [-0.1, -0.05) is 24.3 Å². The molecule has 0 unspecified atom stereocenters. The quantitative estimate of drug-likeness (QED) is 0.512. The predicted octanol–water partition coefficient (Wildman–Crippen LogP) is 3.82. The number of hydrogen-bond donors (Lipinski definition) is 0. The third-order valence-electron chi connectivity index (χ3n) is 3.55. The van der Waals surface area contributed by atoms with Gasteiger partial charge in [0.15, 0.2) is 11.5 Å². The van der Waals surface area contributed by atoms with E-state index in [-0.39, 0.29) is 18.9 Å². The average Bonchev–Trinajstić information content (AvgIpc) is 2.87. The van der Waals surface area contributed by atoms with Crippen molar-refractivity contribution in [3.05, 3.63) is 40.9 Å². The van der Waals surface area contributed by atoms with Crippen LogP contribution < -0.4 is 9.47 Å². The van der Waals surface area contributed by atoms with Gasteiger partial charge in [-0.15, -0.1) is 0 Å². The Labute approximate surface area is 158 Å². The van der Waals surface area contributed by atoms with Crippen molar-refractivity contribution in [3.63, 3.8) is 0 Å². The molecule has 0 saturated carbocycles. The smallest absolute Gasteiger partial charge is 0.275 e. The van der Waals surface area contributed by atoms with Crippen LogP contribution in [0.3, 0.4) is 0 Å². The molecule has 1 amide bonds. The molecule has 7 heteroatoms. The first-order chi connectivity index (χ1) is 12.5. The molecular formula is C19H20ClN3O3. The number of ether oxygens (including phenoxy) is 2. The van der Waals surface area contributed by atoms with Crippen LogP contribution in [0.2, 0.25) is 5.02 Å². The van der Waals surface area contributed by atoms with Gasteiger partial charge in [-0.2, -0.15) is 10.4 Å². The van der Waals surface area contributed by atoms with E-state index in [2.05, 4.69) is 11.7 Å². The number of carbonyl (C=O) groups is 1. The number of halogens is 1. The van der Waals surface area contributed by atoms with E-state index in [1.807, 2.05) is 13.0 Å². The Hall–Kier alpha value is -2.78. The molecule has 136 valence electrons. The van der Waals surface area contributed by atoms with Crippen LogP contribution in [-0.4, -0.2) is 36.4 Å². The minimum absolute atomic E-state index is 0.228. The van der Waals surface area contributed by atoms with Crippen molar-refractivity contribution in [1.29, 1.82) is 5.26 Å². The van der Waals surface area contributed by atoms with Crippen LogP contribution in [0.4, 0.5) is 0 Å². The maximum absolute atomic E-state index is 12.5. The van der Waals surface area contributed by atoms with Gasteiger partial charge >= 0.3 is 0 Å². The molecule has 0 saturated heterocycles. The van der Waals surface area contributed by atoms with E-state index in [1.165, 1.54) is 5.01 Å². The fraction of sp³-hybridized carbons (Fsp3) is 0.316. The summed E-state index contributed by atoms with van der Waals surface area (Å²) in [5, 5.41) is 14.6. The molecular weight excluding hydrogens is 354 g/mol. The van der Waals surface area contributed by atoms with Crippen molar-refractivity contribution >= 4 is 29.3 Å². The Bertz CT molecular complexity index is 809. The molecule has 0 fully saturated rings. The fourth-order valence-electron chi connectivity index (χ4n) is 2.43. The van der Waals surface area contributed by atoms with Crippen molar-refractivity contribution in [3.8, 4) is 17.6 Å². The van der Waals surface area contributed by atoms with Crippen LogP contribution in [0.25, 0.3) is 6.08 Å². The molecule has 0 atom stereocenters. The summed E-state index contributed by atoms with van der Waals surface area (Å²) in [6, 6.07) is 5.47. The topological polar surface area (TPSA) is 74.9 Å². The maximum Gasteiger partial charge on any atom is 0.275 e. The Morgan fingerprint density at radius 1 is 1.42 bits per heavy atom. The van der Waals surface area contributed by atoms with Gasteiger partial charge in [-0.3, -0.25) is 4.79 Å². The molecule has 0 aliphatic carbocycles. The summed E-state index contributed by atoms with van der Waals surface area (Å²) in [7, 11) is 0. The monoisotopic (exact) mass is 373 g/mol. The van der Waals surface area contributed by atoms with Crippen LogP contribution in [0.15, 0.2) is 35.5 Å². The van der Waals surface area contributed by atoms with E-state index in [0.717, 1.165) is 0 Å². The van der Waals surface area contributed by atoms with E-state index in [1.54, 1.807) is 31.2 Å². The van der Waals surface area contributed by atoms with Gasteiger partial charge in [0.25, 0.3) is 5.91 Å². The average molecular weight is 374 g/mol. The van der Waals surface area contributed by atoms with E-state index in [0.29, 0.717) is 46.6 Å². The van der Waals surface area contributed by atoms with Crippen molar-refractivity contribution in [2.24, 2.45) is 5.10 Å². The van der Waals surface area contributed by atoms with Crippen molar-refractivity contribution in [2.75, 3.05) is 19.8 Å². The minimum Gasteiger partial charge on any atom is -0.490 e. The van der Waals surface area contributed by atoms with Gasteiger partial charge in [-0.05, 0) is 37.6 Å². The van der Waals surface area contributed by atoms with Gasteiger partial charge < -0.3 is 9.47 Å². The van der Waals surface area contributed by atoms with E-state index >= 15 is 0 Å². The first-order valence-corrected chi connectivity index (χ1v) is 8.55. The lowest BCUT2D eigenvalue weighted by molar-refractivity contribution is -0.125. The highest BCUT2D eigenvalue weighted by Gasteiger charge is 2.27. The molecule has 26 heavy (non-hydrogen) atoms. The predicted molar refractivity (Wildman–Crippen MR) is 101 cm³/mol. The van der Waals surface area contributed by atoms with E-state index in [9.17, 15) is 4.79 Å². The number of hydrogen-bond acceptors (Lipinski definition) is 5. The van der Waals surface area contributed by atoms with Crippen LogP contribution in [0, 0.1) is 11.3 Å². The second-order valence-electron chi connectivity index (χ2n) is 5.44. The Morgan fingerprint density at radius 2 is 2.19 bits per heavy atom. The minimum atomic E-state index is -0.237. The normalized spacial score (nSPS) is 15.0. The van der Waals surface area contributed by atoms with Gasteiger partial charge in [0.05, 0.1) is 41.9 Å². The Morgan fingerprint density at radius 3 is 2.85 bits per heavy atom. The highest BCUT2D eigenvalue weighted by atomic mass is 35.5. The zero-order chi connectivity index (χ0) is 19.1. The SMILES string of the molecule is C=CCOc1c(Cl)cc(/C=C2\C(=O)N(CCC#N)N=C2C)cc1OCC. The van der Waals surface area contributed by atoms with Gasteiger partial charge in [0.1, 0.15) is 6.61 Å². The number of nitriles is 1. The Balaban J connectivity index is 2.35. The van der Waals surface area contributed by atoms with Crippen LogP contribution >= 0.6 is 11.6 Å². The molecule has 0 aromatic heterocycles. The van der Waals surface area contributed by atoms with E-state index in [4.69, 9.17) is 26.3 Å². The molecule has 6 nitrogen and oxygen atoms in total. The summed E-state index contributed by atoms with van der Waals surface area (Å²) in [6.45, 7) is 8.25. The van der Waals surface area contributed by atoms with Crippen LogP contribution in [-0.2, 0) is 4.79 Å². The summed E-state index contributed by atoms with van der Waals surface area (Å²) in [4.78, 5) is 12.5. The molecule has 1 aliphatic rings. The summed E-state index contributed by atoms with van der Waals surface area (Å²) >= 11 is 6.33. The molecule has 2 rings (SSSR count). The third-order valence-corrected chi connectivity index (χ3v) is 3.83. The number of amides is 1. The first kappa shape index (κ1) is 19.5. The first-order valence-electron chi connectivity index (χ1n) is 8.17. The van der Waals surface area contributed by atoms with E-state index < -0.39 is 0 Å². The van der Waals surface area contributed by atoms with Crippen LogP contribution in [0.1, 0.15) is 25.8 Å². The van der Waals surface area contributed by atoms with Crippen molar-refractivity contribution in [1.82, 2.24) is 5.01 Å². The highest BCUT2D eigenvalue weighted by molar-refractivity contribution is 6.32. The second-order valence-corrected chi connectivity index (χ2v) is 5.85. The zero-order valence-electron chi connectivity index (χ0n) is 14.8. The number of hydrazone groups is 1. The molecule has 1 aromatic rings. The molecule has 1 heterocycles. The van der Waals surface area contributed by atoms with Crippen molar-refractivity contribution < 1.29 is 14.3 Å². The molecule has 0 bridgehead atoms. The number of rotatable bonds is 8. The summed E-state index contributed by atoms with van der Waals surface area (Å²) < 4.78 is 11.2. The van der Waals surface area contributed by atoms with Gasteiger partial charge in [0, 0.05) is 0 Å². The maximum atomic E-state index is 12.5. The molecule has 0 spiro atoms. The molecule has 1 aromatic carbocycles. The Kier molecular flexibility index (Phi) is 6.81. The summed E-state index contributed by atoms with van der Waals surface area (Å²) in [6.07, 6.45) is 3.56. The summed E-state index contributed by atoms with van der Waals surface area (Å²) in [5.74, 6) is 0.697. The largest absolute Gasteiger partial charge is 0.490 e. The number of nitrogens with zero attached hydrogens (tertiary/aromatic N) is 3. The number of benzene rings is 1. The lowest BCUT2D eigenvalue weighted by Crippen LogP contribution is -2.22. The van der Waals surface area contributed by atoms with Gasteiger partial charge in [0.2, 0.25) is 0 Å².